The summed E-state index contributed by atoms with van der Waals surface area (Å²) in [6.07, 6.45) is 1.95. The van der Waals surface area contributed by atoms with Crippen LogP contribution in [0.3, 0.4) is 0 Å². The highest BCUT2D eigenvalue weighted by atomic mass is 16.4. The van der Waals surface area contributed by atoms with Gasteiger partial charge in [0.15, 0.2) is 11.9 Å². The Morgan fingerprint density at radius 2 is 1.05 bits per heavy atom. The van der Waals surface area contributed by atoms with Crippen LogP contribution in [0.1, 0.15) is 56.1 Å². The molecule has 0 aliphatic heterocycles. The molecule has 4 amide bonds. The van der Waals surface area contributed by atoms with Gasteiger partial charge in [-0.25, -0.2) is 4.79 Å². The van der Waals surface area contributed by atoms with Crippen molar-refractivity contribution in [1.82, 2.24) is 31.9 Å². The fourth-order valence-corrected chi connectivity index (χ4v) is 5.46. The van der Waals surface area contributed by atoms with E-state index in [0.717, 1.165) is 0 Å². The summed E-state index contributed by atoms with van der Waals surface area (Å²) in [5.74, 6) is -4.67. The lowest BCUT2D eigenvalue weighted by Gasteiger charge is -2.27. The van der Waals surface area contributed by atoms with Crippen molar-refractivity contribution in [2.24, 2.45) is 22.9 Å². The number of benzene rings is 2. The second-order valence-electron chi connectivity index (χ2n) is 13.0. The Morgan fingerprint density at radius 3 is 1.58 bits per heavy atom. The molecule has 18 N–H and O–H groups in total. The molecule has 0 saturated heterocycles. The fraction of sp³-hybridized carbons (Fsp3) is 0.472. The number of aliphatic carboxylic acids is 1. The number of amides is 4. The van der Waals surface area contributed by atoms with E-state index in [2.05, 4.69) is 31.9 Å². The maximum absolute atomic E-state index is 14.0. The number of phenols is 1. The predicted octanol–water partition coefficient (Wildman–Crippen LogP) is -1.82. The van der Waals surface area contributed by atoms with Gasteiger partial charge in [-0.15, -0.1) is 0 Å². The molecule has 0 fully saturated rings. The molecule has 5 atom stereocenters. The number of nitrogens with two attached hydrogens (primary N) is 4. The van der Waals surface area contributed by atoms with Crippen LogP contribution in [0.25, 0.3) is 0 Å². The largest absolute Gasteiger partial charge is 0.508 e. The van der Waals surface area contributed by atoms with Crippen LogP contribution in [0.4, 0.5) is 0 Å². The summed E-state index contributed by atoms with van der Waals surface area (Å²) in [7, 11) is 0. The summed E-state index contributed by atoms with van der Waals surface area (Å²) in [6, 6.07) is 8.74. The molecule has 55 heavy (non-hydrogen) atoms. The minimum atomic E-state index is -1.27. The predicted molar refractivity (Wildman–Crippen MR) is 206 cm³/mol. The zero-order valence-corrected chi connectivity index (χ0v) is 30.8. The van der Waals surface area contributed by atoms with Gasteiger partial charge in [0.1, 0.15) is 29.9 Å². The van der Waals surface area contributed by atoms with Gasteiger partial charge < -0.3 is 65.0 Å². The smallest absolute Gasteiger partial charge is 0.326 e. The SMILES string of the molecule is N=C(N)NCCC[C@@H](N)C(=O)N[C@@H](Cc1ccc(O)cc1)C(=O)N[C@H](CCCNC(=N)N)C(=O)N[C@@H](Cc1ccccc1)C(=O)N[C@@H](CCCCN)C(=O)O. The summed E-state index contributed by atoms with van der Waals surface area (Å²) in [5.41, 5.74) is 23.6. The number of carboxylic acid groups (broad SMARTS) is 1. The minimum absolute atomic E-state index is 0.000525. The Morgan fingerprint density at radius 1 is 0.600 bits per heavy atom. The maximum atomic E-state index is 14.0. The van der Waals surface area contributed by atoms with Crippen LogP contribution < -0.4 is 54.8 Å². The molecule has 0 spiro atoms. The standard InChI is InChI=1S/C36H56N12O7/c37-17-5-4-11-27(34(54)55)46-33(53)29(20-22-8-2-1-3-9-22)48-31(51)26(12-7-19-44-36(41)42)45-32(52)28(21-23-13-15-24(49)16-14-23)47-30(50)25(38)10-6-18-43-35(39)40/h1-3,8-9,13-16,25-29,49H,4-7,10-12,17-21,37-38H2,(H,45,52)(H,46,53)(H,47,50)(H,48,51)(H,54,55)(H4,39,40,43)(H4,41,42,44)/t25-,26-,27+,28+,29+/m1/s1. The molecule has 2 aromatic rings. The fourth-order valence-electron chi connectivity index (χ4n) is 5.46. The lowest BCUT2D eigenvalue weighted by Crippen LogP contribution is -2.59. The third-order valence-corrected chi connectivity index (χ3v) is 8.45. The molecule has 2 aromatic carbocycles. The van der Waals surface area contributed by atoms with Gasteiger partial charge in [-0.2, -0.15) is 0 Å². The number of rotatable bonds is 25. The van der Waals surface area contributed by atoms with Gasteiger partial charge in [0.25, 0.3) is 0 Å². The van der Waals surface area contributed by atoms with Crippen LogP contribution in [0, 0.1) is 10.8 Å². The molecule has 2 rings (SSSR count). The summed E-state index contributed by atoms with van der Waals surface area (Å²) in [6.45, 7) is 0.832. The quantitative estimate of drug-likeness (QED) is 0.0301. The van der Waals surface area contributed by atoms with Gasteiger partial charge >= 0.3 is 5.97 Å². The van der Waals surface area contributed by atoms with E-state index in [1.54, 1.807) is 42.5 Å². The highest BCUT2D eigenvalue weighted by Gasteiger charge is 2.32. The Bertz CT molecular complexity index is 1560. The van der Waals surface area contributed by atoms with Crippen molar-refractivity contribution >= 4 is 41.5 Å². The molecule has 302 valence electrons. The average molecular weight is 769 g/mol. The van der Waals surface area contributed by atoms with Gasteiger partial charge in [-0.3, -0.25) is 30.0 Å². The number of hydrogen-bond acceptors (Lipinski definition) is 10. The highest BCUT2D eigenvalue weighted by Crippen LogP contribution is 2.13. The first-order valence-electron chi connectivity index (χ1n) is 18.1. The number of aromatic hydroxyl groups is 1. The number of nitrogens with one attached hydrogen (secondary N) is 8. The first-order chi connectivity index (χ1) is 26.2. The second kappa shape index (κ2) is 24.4. The molecular weight excluding hydrogens is 712 g/mol. The number of guanidine groups is 2. The lowest BCUT2D eigenvalue weighted by atomic mass is 10.0. The van der Waals surface area contributed by atoms with Gasteiger partial charge in [-0.1, -0.05) is 42.5 Å². The third-order valence-electron chi connectivity index (χ3n) is 8.45. The number of hydrogen-bond donors (Lipinski definition) is 14. The van der Waals surface area contributed by atoms with Crippen molar-refractivity contribution in [3.05, 3.63) is 65.7 Å². The number of unbranched alkanes of at least 4 members (excludes halogenated alkanes) is 1. The lowest BCUT2D eigenvalue weighted by molar-refractivity contribution is -0.142. The molecule has 0 aliphatic rings. The van der Waals surface area contributed by atoms with E-state index in [4.69, 9.17) is 33.8 Å². The molecule has 0 aliphatic carbocycles. The number of carboxylic acids is 1. The second-order valence-corrected chi connectivity index (χ2v) is 13.0. The van der Waals surface area contributed by atoms with Crippen molar-refractivity contribution in [2.75, 3.05) is 19.6 Å². The molecule has 19 nitrogen and oxygen atoms in total. The van der Waals surface area contributed by atoms with Crippen molar-refractivity contribution in [3.8, 4) is 5.75 Å². The molecule has 19 heteroatoms. The van der Waals surface area contributed by atoms with Crippen LogP contribution in [0.2, 0.25) is 0 Å². The number of phenolic OH excluding ortho intramolecular Hbond substituents is 1. The first kappa shape index (κ1) is 45.2. The van der Waals surface area contributed by atoms with E-state index in [0.29, 0.717) is 43.5 Å². The third kappa shape index (κ3) is 18.1. The molecular formula is C36H56N12O7. The average Bonchev–Trinajstić information content (AvgIpc) is 3.14. The zero-order chi connectivity index (χ0) is 40.8. The van der Waals surface area contributed by atoms with E-state index in [9.17, 15) is 34.2 Å². The van der Waals surface area contributed by atoms with Crippen molar-refractivity contribution in [2.45, 2.75) is 88.0 Å². The highest BCUT2D eigenvalue weighted by molar-refractivity contribution is 5.95. The van der Waals surface area contributed by atoms with Crippen LogP contribution in [0.15, 0.2) is 54.6 Å². The minimum Gasteiger partial charge on any atom is -0.508 e. The Balaban J connectivity index is 2.36. The Kier molecular flexibility index (Phi) is 20.0. The molecule has 0 aromatic heterocycles. The molecule has 0 unspecified atom stereocenters. The van der Waals surface area contributed by atoms with Gasteiger partial charge in [0, 0.05) is 25.9 Å². The van der Waals surface area contributed by atoms with Crippen molar-refractivity contribution in [1.29, 1.82) is 10.8 Å². The summed E-state index contributed by atoms with van der Waals surface area (Å²) < 4.78 is 0. The van der Waals surface area contributed by atoms with Gasteiger partial charge in [0.05, 0.1) is 6.04 Å². The van der Waals surface area contributed by atoms with E-state index >= 15 is 0 Å². The van der Waals surface area contributed by atoms with Gasteiger partial charge in [-0.05, 0) is 74.8 Å². The molecule has 0 heterocycles. The van der Waals surface area contributed by atoms with Crippen LogP contribution in [-0.4, -0.2) is 102 Å². The van der Waals surface area contributed by atoms with Crippen LogP contribution in [-0.2, 0) is 36.8 Å². The molecule has 0 bridgehead atoms. The van der Waals surface area contributed by atoms with E-state index < -0.39 is 59.8 Å². The molecule has 0 saturated carbocycles. The van der Waals surface area contributed by atoms with E-state index in [1.165, 1.54) is 12.1 Å². The van der Waals surface area contributed by atoms with E-state index in [1.807, 2.05) is 0 Å². The molecule has 0 radical (unpaired) electrons. The normalized spacial score (nSPS) is 13.5. The first-order valence-corrected chi connectivity index (χ1v) is 18.1. The summed E-state index contributed by atoms with van der Waals surface area (Å²) in [4.78, 5) is 66.7. The Labute approximate surface area is 320 Å². The van der Waals surface area contributed by atoms with Crippen LogP contribution >= 0.6 is 0 Å². The van der Waals surface area contributed by atoms with Crippen LogP contribution in [0.5, 0.6) is 5.75 Å². The zero-order valence-electron chi connectivity index (χ0n) is 30.8. The number of carbonyl (C=O) groups excluding carboxylic acids is 4. The topological polar surface area (TPSA) is 350 Å². The summed E-state index contributed by atoms with van der Waals surface area (Å²) in [5, 5.41) is 50.1. The van der Waals surface area contributed by atoms with E-state index in [-0.39, 0.29) is 62.7 Å². The van der Waals surface area contributed by atoms with Gasteiger partial charge in [0.2, 0.25) is 23.6 Å². The van der Waals surface area contributed by atoms with Crippen molar-refractivity contribution < 1.29 is 34.2 Å². The monoisotopic (exact) mass is 768 g/mol. The maximum Gasteiger partial charge on any atom is 0.326 e. The Hall–Kier alpha value is -5.95. The number of carbonyl (C=O) groups is 5. The van der Waals surface area contributed by atoms with Crippen molar-refractivity contribution in [3.63, 3.8) is 0 Å². The summed E-state index contributed by atoms with van der Waals surface area (Å²) >= 11 is 0.